The van der Waals surface area contributed by atoms with Gasteiger partial charge in [0.2, 0.25) is 0 Å². The van der Waals surface area contributed by atoms with E-state index in [-0.39, 0.29) is 44.6 Å². The minimum atomic E-state index is 0.0176. The maximum absolute atomic E-state index is 2.78. The Balaban J connectivity index is 1.22. The SMILES string of the molecule is CC1=C(N2c3ccc(C(C)(C)C)cc3B3c4sc5cc6c(cc5c4N(C4=CC5[C@H](C=C4)C(C)(C)CCC5(C)C)c4cccc2c43)C(C)(C)CCC6(C)C)CC2C(=C1)C(C)(C)CCC2(C)C. The van der Waals surface area contributed by atoms with Crippen LogP contribution in [0.3, 0.4) is 0 Å². The van der Waals surface area contributed by atoms with Crippen molar-refractivity contribution < 1.29 is 0 Å². The summed E-state index contributed by atoms with van der Waals surface area (Å²) >= 11 is 2.10. The van der Waals surface area contributed by atoms with Crippen molar-refractivity contribution in [1.29, 1.82) is 0 Å². The van der Waals surface area contributed by atoms with Crippen molar-refractivity contribution in [3.8, 4) is 0 Å². The second kappa shape index (κ2) is 13.7. The molecule has 4 heteroatoms. The van der Waals surface area contributed by atoms with E-state index in [1.165, 1.54) is 110 Å². The summed E-state index contributed by atoms with van der Waals surface area (Å²) in [4.78, 5) is 5.55. The molecule has 0 spiro atoms. The van der Waals surface area contributed by atoms with Crippen LogP contribution in [0.15, 0.2) is 95.4 Å². The number of allylic oxidation sites excluding steroid dienone is 7. The predicted molar refractivity (Wildman–Crippen MR) is 284 cm³/mol. The van der Waals surface area contributed by atoms with E-state index in [4.69, 9.17) is 0 Å². The molecule has 0 N–H and O–H groups in total. The fourth-order valence-corrected chi connectivity index (χ4v) is 15.6. The molecular formula is C61H77BN2S. The monoisotopic (exact) mass is 881 g/mol. The second-order valence-corrected chi connectivity index (χ2v) is 28.2. The summed E-state index contributed by atoms with van der Waals surface area (Å²) in [7, 11) is 0. The van der Waals surface area contributed by atoms with Crippen molar-refractivity contribution in [3.63, 3.8) is 0 Å². The average molecular weight is 881 g/mol. The Morgan fingerprint density at radius 3 is 1.95 bits per heavy atom. The molecule has 0 amide bonds. The molecule has 2 fully saturated rings. The summed E-state index contributed by atoms with van der Waals surface area (Å²) in [5.41, 5.74) is 20.2. The van der Waals surface area contributed by atoms with Gasteiger partial charge in [0.05, 0.1) is 5.69 Å². The van der Waals surface area contributed by atoms with Gasteiger partial charge in [0.1, 0.15) is 0 Å². The lowest BCUT2D eigenvalue weighted by atomic mass is 9.36. The van der Waals surface area contributed by atoms with E-state index in [0.29, 0.717) is 17.8 Å². The summed E-state index contributed by atoms with van der Waals surface area (Å²) in [5.74, 6) is 1.51. The molecule has 0 bridgehead atoms. The van der Waals surface area contributed by atoms with Gasteiger partial charge in [-0.25, -0.2) is 0 Å². The zero-order valence-electron chi connectivity index (χ0n) is 43.0. The lowest BCUT2D eigenvalue weighted by Crippen LogP contribution is -2.61. The number of fused-ring (bicyclic) bond motifs is 9. The Labute approximate surface area is 397 Å². The third-order valence-electron chi connectivity index (χ3n) is 19.1. The van der Waals surface area contributed by atoms with E-state index in [1.807, 2.05) is 0 Å². The Kier molecular flexibility index (Phi) is 9.23. The van der Waals surface area contributed by atoms with E-state index in [2.05, 4.69) is 205 Å². The van der Waals surface area contributed by atoms with Gasteiger partial charge >= 0.3 is 0 Å². The highest BCUT2D eigenvalue weighted by molar-refractivity contribution is 7.33. The quantitative estimate of drug-likeness (QED) is 0.185. The molecule has 0 radical (unpaired) electrons. The fourth-order valence-electron chi connectivity index (χ4n) is 14.2. The van der Waals surface area contributed by atoms with Crippen molar-refractivity contribution in [1.82, 2.24) is 0 Å². The number of thiophene rings is 1. The number of nitrogens with zero attached hydrogens (tertiary/aromatic N) is 2. The first kappa shape index (κ1) is 43.8. The van der Waals surface area contributed by atoms with Crippen molar-refractivity contribution in [3.05, 3.63) is 112 Å². The topological polar surface area (TPSA) is 6.48 Å². The van der Waals surface area contributed by atoms with Crippen molar-refractivity contribution in [2.24, 2.45) is 39.4 Å². The van der Waals surface area contributed by atoms with Gasteiger partial charge in [-0.2, -0.15) is 0 Å². The lowest BCUT2D eigenvalue weighted by Gasteiger charge is -2.53. The summed E-state index contributed by atoms with van der Waals surface area (Å²) in [6.07, 6.45) is 19.1. The van der Waals surface area contributed by atoms with Crippen molar-refractivity contribution in [2.75, 3.05) is 9.80 Å². The van der Waals surface area contributed by atoms with E-state index < -0.39 is 0 Å². The zero-order valence-corrected chi connectivity index (χ0v) is 43.8. The Morgan fingerprint density at radius 2 is 1.28 bits per heavy atom. The van der Waals surface area contributed by atoms with Crippen LogP contribution in [0.4, 0.5) is 22.7 Å². The summed E-state index contributed by atoms with van der Waals surface area (Å²) in [6, 6.07) is 20.3. The molecule has 2 nitrogen and oxygen atoms in total. The largest absolute Gasteiger partial charge is 0.315 e. The third-order valence-corrected chi connectivity index (χ3v) is 20.3. The van der Waals surface area contributed by atoms with Crippen molar-refractivity contribution in [2.45, 2.75) is 172 Å². The molecule has 65 heavy (non-hydrogen) atoms. The number of anilines is 4. The van der Waals surface area contributed by atoms with Crippen LogP contribution in [0.1, 0.15) is 172 Å². The third kappa shape index (κ3) is 6.36. The first-order valence-electron chi connectivity index (χ1n) is 25.5. The maximum atomic E-state index is 2.78. The van der Waals surface area contributed by atoms with Gasteiger partial charge in [-0.3, -0.25) is 0 Å². The van der Waals surface area contributed by atoms with E-state index >= 15 is 0 Å². The van der Waals surface area contributed by atoms with E-state index in [1.54, 1.807) is 16.7 Å². The normalized spacial score (nSPS) is 27.2. The number of hydrogen-bond donors (Lipinski definition) is 0. The first-order chi connectivity index (χ1) is 30.2. The molecule has 11 rings (SSSR count). The molecule has 340 valence electrons. The molecule has 3 aromatic carbocycles. The minimum Gasteiger partial charge on any atom is -0.315 e. The van der Waals surface area contributed by atoms with Crippen LogP contribution in [-0.4, -0.2) is 6.71 Å². The van der Waals surface area contributed by atoms with Crippen LogP contribution in [0, 0.1) is 39.4 Å². The average Bonchev–Trinajstić information content (AvgIpc) is 3.60. The molecule has 7 aliphatic rings. The standard InChI is InChI=1S/C61H77BN2S/c1-36-30-41-44(60(13,14)28-26-57(41,7)8)34-50(36)64-47-23-20-37(55(2,3)4)31-46(47)62-52-48(18-17-19-49(52)64)63(38-21-22-40-42(32-38)58(9,10)25-24-56(40,5)6)53-39-33-43-45(35-51(39)65-54(53)62)61(15,16)29-27-59(43,11)12/h17-23,30-33,35,40,42,44H,24-29,34H2,1-16H3/t40-,42?,44?/m0/s1. The highest BCUT2D eigenvalue weighted by Gasteiger charge is 2.52. The van der Waals surface area contributed by atoms with Crippen molar-refractivity contribution >= 4 is 66.6 Å². The molecule has 2 aliphatic heterocycles. The molecule has 2 unspecified atom stereocenters. The van der Waals surface area contributed by atoms with Gasteiger partial charge in [-0.05, 0) is 177 Å². The van der Waals surface area contributed by atoms with Gasteiger partial charge in [-0.1, -0.05) is 146 Å². The molecule has 0 saturated heterocycles. The molecule has 3 atom stereocenters. The Morgan fingerprint density at radius 1 is 0.662 bits per heavy atom. The highest BCUT2D eigenvalue weighted by Crippen LogP contribution is 2.60. The first-order valence-corrected chi connectivity index (χ1v) is 26.3. The summed E-state index contributed by atoms with van der Waals surface area (Å²) in [6.45, 7) is 39.9. The lowest BCUT2D eigenvalue weighted by molar-refractivity contribution is 0.0327. The van der Waals surface area contributed by atoms with Gasteiger partial charge in [0.25, 0.3) is 6.71 Å². The van der Waals surface area contributed by atoms with E-state index in [0.717, 1.165) is 6.42 Å². The van der Waals surface area contributed by atoms with Crippen LogP contribution in [0.25, 0.3) is 10.1 Å². The van der Waals surface area contributed by atoms with Crippen LogP contribution >= 0.6 is 11.3 Å². The van der Waals surface area contributed by atoms with Gasteiger partial charge < -0.3 is 9.80 Å². The number of benzene rings is 3. The molecule has 3 heterocycles. The van der Waals surface area contributed by atoms with Crippen LogP contribution in [0.5, 0.6) is 0 Å². The van der Waals surface area contributed by atoms with Gasteiger partial charge in [0, 0.05) is 43.3 Å². The molecule has 2 saturated carbocycles. The molecule has 4 aromatic rings. The maximum Gasteiger partial charge on any atom is 0.264 e. The molecule has 1 aromatic heterocycles. The zero-order chi connectivity index (χ0) is 46.3. The fraction of sp³-hybridized carbons (Fsp3) is 0.541. The van der Waals surface area contributed by atoms with Gasteiger partial charge in [-0.15, -0.1) is 11.3 Å². The van der Waals surface area contributed by atoms with Crippen LogP contribution in [0.2, 0.25) is 0 Å². The summed E-state index contributed by atoms with van der Waals surface area (Å²) < 4.78 is 2.95. The Bertz CT molecular complexity index is 2840. The van der Waals surface area contributed by atoms with Gasteiger partial charge in [0.15, 0.2) is 0 Å². The minimum absolute atomic E-state index is 0.0176. The second-order valence-electron chi connectivity index (χ2n) is 27.2. The smallest absolute Gasteiger partial charge is 0.264 e. The predicted octanol–water partition coefficient (Wildman–Crippen LogP) is 15.6. The number of rotatable bonds is 2. The Hall–Kier alpha value is -3.76. The molecular weight excluding hydrogens is 804 g/mol. The van der Waals surface area contributed by atoms with Crippen LogP contribution < -0.4 is 25.5 Å². The number of hydrogen-bond acceptors (Lipinski definition) is 3. The van der Waals surface area contributed by atoms with E-state index in [9.17, 15) is 0 Å². The van der Waals surface area contributed by atoms with Crippen LogP contribution in [-0.2, 0) is 16.2 Å². The highest BCUT2D eigenvalue weighted by atomic mass is 32.1. The summed E-state index contributed by atoms with van der Waals surface area (Å²) in [5, 5.41) is 1.44. The molecule has 5 aliphatic carbocycles.